The second-order valence-corrected chi connectivity index (χ2v) is 10.4. The fourth-order valence-electron chi connectivity index (χ4n) is 2.76. The van der Waals surface area contributed by atoms with Gasteiger partial charge in [-0.1, -0.05) is 24.0 Å². The van der Waals surface area contributed by atoms with Gasteiger partial charge in [-0.05, 0) is 46.1 Å². The molecule has 1 amide bonds. The first-order valence-corrected chi connectivity index (χ1v) is 11.1. The van der Waals surface area contributed by atoms with E-state index in [1.807, 2.05) is 0 Å². The molecule has 6 nitrogen and oxygen atoms in total. The number of phenolic OH excluding ortho intramolecular Hbond substituents is 1. The van der Waals surface area contributed by atoms with Gasteiger partial charge in [-0.25, -0.2) is 8.42 Å². The van der Waals surface area contributed by atoms with Crippen molar-refractivity contribution in [1.29, 1.82) is 0 Å². The number of carbonyl (C=O) groups is 1. The summed E-state index contributed by atoms with van der Waals surface area (Å²) in [5.74, 6) is -0.0112. The maximum absolute atomic E-state index is 12.7. The van der Waals surface area contributed by atoms with Crippen LogP contribution >= 0.6 is 39.9 Å². The average Bonchev–Trinajstić information content (AvgIpc) is 3.02. The van der Waals surface area contributed by atoms with Crippen LogP contribution in [0, 0.1) is 0 Å². The normalized spacial score (nSPS) is 24.3. The summed E-state index contributed by atoms with van der Waals surface area (Å²) in [6.07, 6.45) is 2.05. The summed E-state index contributed by atoms with van der Waals surface area (Å²) in [7, 11) is -1.67. The van der Waals surface area contributed by atoms with Crippen molar-refractivity contribution < 1.29 is 23.1 Å². The van der Waals surface area contributed by atoms with Crippen molar-refractivity contribution in [3.05, 3.63) is 27.1 Å². The predicted octanol–water partition coefficient (Wildman–Crippen LogP) is 2.55. The van der Waals surface area contributed by atoms with Crippen LogP contribution in [0.4, 0.5) is 0 Å². The van der Waals surface area contributed by atoms with Crippen molar-refractivity contribution in [3.8, 4) is 11.5 Å². The number of nitrogens with zero attached hydrogens (tertiary/aromatic N) is 1. The third-order valence-electron chi connectivity index (χ3n) is 3.97. The number of hydrogen-bond donors (Lipinski definition) is 1. The summed E-state index contributed by atoms with van der Waals surface area (Å²) >= 11 is 9.66. The van der Waals surface area contributed by atoms with Crippen molar-refractivity contribution in [2.24, 2.45) is 0 Å². The Hall–Kier alpha value is -1.10. The molecule has 0 bridgehead atoms. The van der Waals surface area contributed by atoms with Gasteiger partial charge < -0.3 is 9.84 Å². The quantitative estimate of drug-likeness (QED) is 0.544. The van der Waals surface area contributed by atoms with E-state index in [4.69, 9.17) is 17.0 Å². The number of methoxy groups -OCH3 is 1. The molecule has 10 heteroatoms. The Bertz CT molecular complexity index is 897. The lowest BCUT2D eigenvalue weighted by Gasteiger charge is -2.20. The molecule has 0 spiro atoms. The van der Waals surface area contributed by atoms with Crippen LogP contribution in [-0.2, 0) is 14.6 Å². The van der Waals surface area contributed by atoms with Gasteiger partial charge in [0.2, 0.25) is 0 Å². The summed E-state index contributed by atoms with van der Waals surface area (Å²) in [5.41, 5.74) is 0.654. The molecule has 0 unspecified atom stereocenters. The minimum Gasteiger partial charge on any atom is -0.503 e. The van der Waals surface area contributed by atoms with Crippen LogP contribution in [0.3, 0.4) is 0 Å². The maximum Gasteiger partial charge on any atom is 0.266 e. The maximum atomic E-state index is 12.7. The first-order valence-electron chi connectivity index (χ1n) is 7.26. The van der Waals surface area contributed by atoms with Crippen molar-refractivity contribution >= 4 is 66.1 Å². The van der Waals surface area contributed by atoms with E-state index in [1.54, 1.807) is 18.2 Å². The highest BCUT2D eigenvalue weighted by molar-refractivity contribution is 9.10. The van der Waals surface area contributed by atoms with Crippen molar-refractivity contribution in [2.45, 2.75) is 12.5 Å². The second-order valence-electron chi connectivity index (χ2n) is 5.66. The second kappa shape index (κ2) is 6.90. The number of halogens is 1. The molecule has 2 aliphatic heterocycles. The van der Waals surface area contributed by atoms with Crippen LogP contribution in [0.25, 0.3) is 6.08 Å². The minimum absolute atomic E-state index is 0.0247. The number of thiocarbonyl (C=S) groups is 1. The monoisotopic (exact) mass is 463 g/mol. The van der Waals surface area contributed by atoms with Gasteiger partial charge in [0.15, 0.2) is 21.3 Å². The van der Waals surface area contributed by atoms with Crippen molar-refractivity contribution in [1.82, 2.24) is 4.90 Å². The Balaban J connectivity index is 1.90. The molecule has 2 heterocycles. The highest BCUT2D eigenvalue weighted by atomic mass is 79.9. The summed E-state index contributed by atoms with van der Waals surface area (Å²) in [4.78, 5) is 14.5. The molecule has 2 fully saturated rings. The van der Waals surface area contributed by atoms with Crippen LogP contribution in [0.15, 0.2) is 21.5 Å². The van der Waals surface area contributed by atoms with E-state index in [-0.39, 0.29) is 28.9 Å². The van der Waals surface area contributed by atoms with Crippen LogP contribution in [-0.4, -0.2) is 53.3 Å². The van der Waals surface area contributed by atoms with Gasteiger partial charge in [-0.2, -0.15) is 0 Å². The van der Waals surface area contributed by atoms with Gasteiger partial charge in [0.1, 0.15) is 4.32 Å². The Labute approximate surface area is 163 Å². The zero-order valence-corrected chi connectivity index (χ0v) is 17.1. The summed E-state index contributed by atoms with van der Waals surface area (Å²) in [5, 5.41) is 9.86. The number of rotatable bonds is 3. The molecule has 0 saturated carbocycles. The lowest BCUT2D eigenvalue weighted by Crippen LogP contribution is -2.39. The largest absolute Gasteiger partial charge is 0.503 e. The van der Waals surface area contributed by atoms with Crippen molar-refractivity contribution in [3.63, 3.8) is 0 Å². The standard InChI is InChI=1S/C15H14BrNO5S3/c1-22-11-5-8(4-10(16)13(11)18)6-12-14(19)17(15(23)24-12)9-2-3-25(20,21)7-9/h4-6,9,18H,2-3,7H2,1H3/b12-6+/t9-/m0/s1. The highest BCUT2D eigenvalue weighted by Crippen LogP contribution is 2.39. The molecular formula is C15H14BrNO5S3. The Morgan fingerprint density at radius 1 is 1.48 bits per heavy atom. The highest BCUT2D eigenvalue weighted by Gasteiger charge is 2.42. The Kier molecular flexibility index (Phi) is 5.16. The molecule has 1 N–H and O–H groups in total. The Morgan fingerprint density at radius 2 is 2.20 bits per heavy atom. The lowest BCUT2D eigenvalue weighted by atomic mass is 10.1. The smallest absolute Gasteiger partial charge is 0.266 e. The summed E-state index contributed by atoms with van der Waals surface area (Å²) in [6.45, 7) is 0. The zero-order valence-electron chi connectivity index (χ0n) is 13.1. The number of phenols is 1. The fourth-order valence-corrected chi connectivity index (χ4v) is 6.32. The molecule has 0 radical (unpaired) electrons. The van der Waals surface area contributed by atoms with E-state index in [0.29, 0.717) is 25.7 Å². The van der Waals surface area contributed by atoms with E-state index < -0.39 is 15.9 Å². The van der Waals surface area contributed by atoms with Gasteiger partial charge in [0.05, 0.1) is 34.0 Å². The van der Waals surface area contributed by atoms with Crippen LogP contribution in [0.5, 0.6) is 11.5 Å². The molecule has 2 saturated heterocycles. The number of aromatic hydroxyl groups is 1. The zero-order chi connectivity index (χ0) is 18.4. The van der Waals surface area contributed by atoms with Gasteiger partial charge >= 0.3 is 0 Å². The number of amides is 1. The topological polar surface area (TPSA) is 83.9 Å². The minimum atomic E-state index is -3.11. The predicted molar refractivity (Wildman–Crippen MR) is 104 cm³/mol. The van der Waals surface area contributed by atoms with E-state index in [1.165, 1.54) is 12.0 Å². The Morgan fingerprint density at radius 3 is 2.80 bits per heavy atom. The summed E-state index contributed by atoms with van der Waals surface area (Å²) < 4.78 is 29.3. The molecule has 134 valence electrons. The third kappa shape index (κ3) is 3.71. The van der Waals surface area contributed by atoms with Gasteiger partial charge in [-0.15, -0.1) is 0 Å². The molecule has 2 aliphatic rings. The van der Waals surface area contributed by atoms with Crippen LogP contribution < -0.4 is 4.74 Å². The van der Waals surface area contributed by atoms with Gasteiger partial charge in [-0.3, -0.25) is 9.69 Å². The van der Waals surface area contributed by atoms with Crippen LogP contribution in [0.2, 0.25) is 0 Å². The van der Waals surface area contributed by atoms with Gasteiger partial charge in [0.25, 0.3) is 5.91 Å². The molecule has 25 heavy (non-hydrogen) atoms. The number of hydrogen-bond acceptors (Lipinski definition) is 7. The van der Waals surface area contributed by atoms with E-state index in [2.05, 4.69) is 15.9 Å². The van der Waals surface area contributed by atoms with E-state index in [9.17, 15) is 18.3 Å². The molecular weight excluding hydrogens is 450 g/mol. The average molecular weight is 464 g/mol. The fraction of sp³-hybridized carbons (Fsp3) is 0.333. The number of thioether (sulfide) groups is 1. The number of sulfone groups is 1. The number of carbonyl (C=O) groups excluding carboxylic acids is 1. The van der Waals surface area contributed by atoms with Crippen molar-refractivity contribution in [2.75, 3.05) is 18.6 Å². The molecule has 0 aliphatic carbocycles. The first-order chi connectivity index (χ1) is 11.7. The van der Waals surface area contributed by atoms with Gasteiger partial charge in [0, 0.05) is 0 Å². The van der Waals surface area contributed by atoms with E-state index >= 15 is 0 Å². The molecule has 1 aromatic carbocycles. The first kappa shape index (κ1) is 18.7. The SMILES string of the molecule is COc1cc(/C=C2/SC(=S)N([C@H]3CCS(=O)(=O)C3)C2=O)cc(Br)c1O. The molecule has 1 aromatic rings. The van der Waals surface area contributed by atoms with E-state index in [0.717, 1.165) is 11.8 Å². The lowest BCUT2D eigenvalue weighted by molar-refractivity contribution is -0.123. The number of ether oxygens (including phenoxy) is 1. The third-order valence-corrected chi connectivity index (χ3v) is 7.65. The summed E-state index contributed by atoms with van der Waals surface area (Å²) in [6, 6.07) is 2.86. The molecule has 3 rings (SSSR count). The molecule has 0 aromatic heterocycles. The molecule has 1 atom stereocenters. The van der Waals surface area contributed by atoms with Crippen LogP contribution in [0.1, 0.15) is 12.0 Å². The number of benzene rings is 1.